The zero-order valence-corrected chi connectivity index (χ0v) is 14.9. The van der Waals surface area contributed by atoms with E-state index in [1.54, 1.807) is 0 Å². The zero-order valence-electron chi connectivity index (χ0n) is 14.9. The van der Waals surface area contributed by atoms with Crippen molar-refractivity contribution >= 4 is 5.91 Å². The summed E-state index contributed by atoms with van der Waals surface area (Å²) in [7, 11) is 2.86. The minimum absolute atomic E-state index is 0.0645. The quantitative estimate of drug-likeness (QED) is 0.899. The molecule has 26 heavy (non-hydrogen) atoms. The van der Waals surface area contributed by atoms with Crippen molar-refractivity contribution in [2.75, 3.05) is 7.05 Å². The summed E-state index contributed by atoms with van der Waals surface area (Å²) in [6, 6.07) is 0. The molecule has 2 aromatic heterocycles. The monoisotopic (exact) mass is 371 g/mol. The Bertz CT molecular complexity index is 826. The van der Waals surface area contributed by atoms with Crippen LogP contribution in [0.5, 0.6) is 0 Å². The maximum Gasteiger partial charge on any atom is 0.435 e. The van der Waals surface area contributed by atoms with Crippen LogP contribution in [0.1, 0.15) is 53.0 Å². The predicted molar refractivity (Wildman–Crippen MR) is 85.3 cm³/mol. The Labute approximate surface area is 148 Å². The average molecular weight is 371 g/mol. The Balaban J connectivity index is 1.84. The molecule has 142 valence electrons. The van der Waals surface area contributed by atoms with Gasteiger partial charge in [-0.15, -0.1) is 0 Å². The van der Waals surface area contributed by atoms with Gasteiger partial charge in [0.1, 0.15) is 0 Å². The first-order valence-electron chi connectivity index (χ1n) is 8.15. The molecule has 10 heteroatoms. The molecule has 1 amide bonds. The Morgan fingerprint density at radius 3 is 2.81 bits per heavy atom. The Hall–Kier alpha value is -2.36. The summed E-state index contributed by atoms with van der Waals surface area (Å²) >= 11 is 0. The largest absolute Gasteiger partial charge is 0.435 e. The van der Waals surface area contributed by atoms with Gasteiger partial charge < -0.3 is 9.64 Å². The lowest BCUT2D eigenvalue weighted by atomic mass is 9.99. The van der Waals surface area contributed by atoms with Gasteiger partial charge >= 0.3 is 6.18 Å². The number of fused-ring (bicyclic) bond motifs is 1. The molecule has 0 spiro atoms. The van der Waals surface area contributed by atoms with Crippen LogP contribution in [0.4, 0.5) is 13.2 Å². The molecule has 1 aliphatic heterocycles. The van der Waals surface area contributed by atoms with E-state index in [0.29, 0.717) is 6.42 Å². The summed E-state index contributed by atoms with van der Waals surface area (Å²) in [6.45, 7) is 3.54. The van der Waals surface area contributed by atoms with E-state index in [4.69, 9.17) is 4.74 Å². The van der Waals surface area contributed by atoms with E-state index < -0.39 is 17.8 Å². The van der Waals surface area contributed by atoms with Crippen molar-refractivity contribution in [3.05, 3.63) is 34.4 Å². The number of ether oxygens (including phenoxy) is 1. The molecule has 0 aliphatic carbocycles. The highest BCUT2D eigenvalue weighted by molar-refractivity contribution is 5.94. The first-order chi connectivity index (χ1) is 12.1. The maximum absolute atomic E-state index is 13.1. The Morgan fingerprint density at radius 2 is 2.15 bits per heavy atom. The fourth-order valence-electron chi connectivity index (χ4n) is 3.25. The van der Waals surface area contributed by atoms with Gasteiger partial charge in [0, 0.05) is 44.4 Å². The second-order valence-corrected chi connectivity index (χ2v) is 6.59. The number of aromatic nitrogens is 4. The van der Waals surface area contributed by atoms with Crippen LogP contribution >= 0.6 is 0 Å². The highest BCUT2D eigenvalue weighted by Crippen LogP contribution is 2.32. The number of amides is 1. The van der Waals surface area contributed by atoms with Crippen molar-refractivity contribution in [1.82, 2.24) is 24.9 Å². The van der Waals surface area contributed by atoms with Crippen LogP contribution in [-0.2, 0) is 30.9 Å². The molecule has 7 nitrogen and oxygen atoms in total. The topological polar surface area (TPSA) is 76.0 Å². The minimum Gasteiger partial charge on any atom is -0.369 e. The molecule has 0 fully saturated rings. The van der Waals surface area contributed by atoms with Gasteiger partial charge in [0.05, 0.1) is 17.9 Å². The number of nitrogens with one attached hydrogen (secondary N) is 1. The van der Waals surface area contributed by atoms with E-state index in [-0.39, 0.29) is 30.0 Å². The second kappa shape index (κ2) is 6.42. The van der Waals surface area contributed by atoms with Crippen LogP contribution < -0.4 is 0 Å². The van der Waals surface area contributed by atoms with Crippen molar-refractivity contribution in [2.24, 2.45) is 7.05 Å². The number of hydrogen-bond acceptors (Lipinski definition) is 4. The summed E-state index contributed by atoms with van der Waals surface area (Å²) in [4.78, 5) is 14.0. The summed E-state index contributed by atoms with van der Waals surface area (Å²) in [6.07, 6.45) is -3.07. The molecule has 3 heterocycles. The SMILES string of the molecule is C[C@@H]1Cc2c(C(=O)N(C)Cc3cn(C)nc3C(F)(F)F)n[nH]c2[C@H](C)O1. The Morgan fingerprint density at radius 1 is 1.46 bits per heavy atom. The van der Waals surface area contributed by atoms with Gasteiger partial charge in [0.15, 0.2) is 11.4 Å². The van der Waals surface area contributed by atoms with Crippen LogP contribution in [-0.4, -0.2) is 43.9 Å². The van der Waals surface area contributed by atoms with Crippen LogP contribution in [0, 0.1) is 0 Å². The molecule has 0 unspecified atom stereocenters. The van der Waals surface area contributed by atoms with E-state index >= 15 is 0 Å². The average Bonchev–Trinajstić information content (AvgIpc) is 3.09. The molecule has 0 radical (unpaired) electrons. The van der Waals surface area contributed by atoms with Crippen molar-refractivity contribution < 1.29 is 22.7 Å². The number of halogens is 3. The second-order valence-electron chi connectivity index (χ2n) is 6.59. The third-order valence-corrected chi connectivity index (χ3v) is 4.36. The molecule has 2 atom stereocenters. The van der Waals surface area contributed by atoms with Gasteiger partial charge in [-0.3, -0.25) is 14.6 Å². The zero-order chi connectivity index (χ0) is 19.2. The number of hydrogen-bond donors (Lipinski definition) is 1. The highest BCUT2D eigenvalue weighted by Gasteiger charge is 2.38. The third kappa shape index (κ3) is 3.33. The van der Waals surface area contributed by atoms with Crippen molar-refractivity contribution in [1.29, 1.82) is 0 Å². The molecule has 0 saturated carbocycles. The molecular weight excluding hydrogens is 351 g/mol. The van der Waals surface area contributed by atoms with Crippen LogP contribution in [0.25, 0.3) is 0 Å². The van der Waals surface area contributed by atoms with E-state index in [9.17, 15) is 18.0 Å². The molecule has 1 aliphatic rings. The Kier molecular flexibility index (Phi) is 4.55. The van der Waals surface area contributed by atoms with Gasteiger partial charge in [0.25, 0.3) is 5.91 Å². The number of aryl methyl sites for hydroxylation is 1. The van der Waals surface area contributed by atoms with Crippen molar-refractivity contribution in [2.45, 2.75) is 45.2 Å². The van der Waals surface area contributed by atoms with Crippen molar-refractivity contribution in [3.63, 3.8) is 0 Å². The summed E-state index contributed by atoms with van der Waals surface area (Å²) in [5, 5.41) is 10.4. The van der Waals surface area contributed by atoms with E-state index in [1.165, 1.54) is 25.2 Å². The van der Waals surface area contributed by atoms with Gasteiger partial charge in [-0.05, 0) is 13.8 Å². The van der Waals surface area contributed by atoms with Gasteiger partial charge in [-0.2, -0.15) is 23.4 Å². The van der Waals surface area contributed by atoms with Crippen LogP contribution in [0.15, 0.2) is 6.20 Å². The number of rotatable bonds is 3. The standard InChI is InChI=1S/C16H20F3N5O2/c1-8-5-11-12(9(2)26-8)20-21-13(11)15(25)23(3)6-10-7-24(4)22-14(10)16(17,18)19/h7-9H,5-6H2,1-4H3,(H,20,21)/t8-,9+/m1/s1. The number of H-pyrrole nitrogens is 1. The molecule has 2 aromatic rings. The maximum atomic E-state index is 13.1. The van der Waals surface area contributed by atoms with Gasteiger partial charge in [-0.1, -0.05) is 0 Å². The lowest BCUT2D eigenvalue weighted by Gasteiger charge is -2.25. The van der Waals surface area contributed by atoms with Gasteiger partial charge in [-0.25, -0.2) is 0 Å². The normalized spacial score (nSPS) is 20.1. The number of carbonyl (C=O) groups is 1. The minimum atomic E-state index is -4.58. The van der Waals surface area contributed by atoms with E-state index in [2.05, 4.69) is 15.3 Å². The molecule has 3 rings (SSSR count). The predicted octanol–water partition coefficient (Wildman–Crippen LogP) is 2.46. The lowest BCUT2D eigenvalue weighted by molar-refractivity contribution is -0.142. The first-order valence-corrected chi connectivity index (χ1v) is 8.15. The molecule has 1 N–H and O–H groups in total. The number of aromatic amines is 1. The summed E-state index contributed by atoms with van der Waals surface area (Å²) in [5.41, 5.74) is 0.666. The smallest absolute Gasteiger partial charge is 0.369 e. The molecule has 0 aromatic carbocycles. The fraction of sp³-hybridized carbons (Fsp3) is 0.562. The number of nitrogens with zero attached hydrogens (tertiary/aromatic N) is 4. The summed E-state index contributed by atoms with van der Waals surface area (Å²) < 4.78 is 46.0. The molecular formula is C16H20F3N5O2. The number of carbonyl (C=O) groups excluding carboxylic acids is 1. The van der Waals surface area contributed by atoms with Crippen LogP contribution in [0.3, 0.4) is 0 Å². The molecule has 0 saturated heterocycles. The van der Waals surface area contributed by atoms with Gasteiger partial charge in [0.2, 0.25) is 0 Å². The van der Waals surface area contributed by atoms with E-state index in [1.807, 2.05) is 13.8 Å². The first kappa shape index (κ1) is 18.4. The lowest BCUT2D eigenvalue weighted by Crippen LogP contribution is -2.30. The third-order valence-electron chi connectivity index (χ3n) is 4.36. The van der Waals surface area contributed by atoms with Crippen molar-refractivity contribution in [3.8, 4) is 0 Å². The van der Waals surface area contributed by atoms with E-state index in [0.717, 1.165) is 15.9 Å². The number of alkyl halides is 3. The fourth-order valence-corrected chi connectivity index (χ4v) is 3.25. The highest BCUT2D eigenvalue weighted by atomic mass is 19.4. The van der Waals surface area contributed by atoms with Crippen LogP contribution in [0.2, 0.25) is 0 Å². The molecule has 0 bridgehead atoms. The summed E-state index contributed by atoms with van der Waals surface area (Å²) in [5.74, 6) is -0.444.